The Labute approximate surface area is 252 Å². The molecule has 5 heterocycles. The Balaban J connectivity index is 1.31. The van der Waals surface area contributed by atoms with Gasteiger partial charge in [0.25, 0.3) is 0 Å². The maximum absolute atomic E-state index is 13.8. The molecule has 44 heavy (non-hydrogen) atoms. The van der Waals surface area contributed by atoms with Gasteiger partial charge in [-0.3, -0.25) is 0 Å². The number of carbonyl (C=O) groups is 1. The first-order valence-corrected chi connectivity index (χ1v) is 14.7. The number of fused-ring (bicyclic) bond motifs is 1. The molecule has 0 radical (unpaired) electrons. The summed E-state index contributed by atoms with van der Waals surface area (Å²) in [5, 5.41) is 6.22. The molecule has 2 N–H and O–H groups in total. The number of hydroxylamine groups is 2. The van der Waals surface area contributed by atoms with Crippen molar-refractivity contribution in [2.45, 2.75) is 83.2 Å². The second-order valence-corrected chi connectivity index (χ2v) is 12.7. The summed E-state index contributed by atoms with van der Waals surface area (Å²) in [4.78, 5) is 38.0. The number of hydrogen-bond acceptors (Lipinski definition) is 10. The Kier molecular flexibility index (Phi) is 7.41. The number of nitrogens with zero attached hydrogens (tertiary/aromatic N) is 8. The molecule has 6 rings (SSSR count). The van der Waals surface area contributed by atoms with Gasteiger partial charge in [-0.2, -0.15) is 18.3 Å². The molecular formula is C29H36F3N9O3. The van der Waals surface area contributed by atoms with E-state index in [1.165, 1.54) is 0 Å². The van der Waals surface area contributed by atoms with Crippen LogP contribution in [0.3, 0.4) is 0 Å². The number of rotatable bonds is 5. The Morgan fingerprint density at radius 2 is 1.70 bits per heavy atom. The lowest BCUT2D eigenvalue weighted by atomic mass is 9.91. The normalized spacial score (nSPS) is 21.2. The lowest BCUT2D eigenvalue weighted by Crippen LogP contribution is -2.41. The van der Waals surface area contributed by atoms with E-state index in [0.717, 1.165) is 49.2 Å². The van der Waals surface area contributed by atoms with E-state index >= 15 is 0 Å². The van der Waals surface area contributed by atoms with Crippen molar-refractivity contribution >= 4 is 28.5 Å². The third-order valence-electron chi connectivity index (χ3n) is 8.27. The van der Waals surface area contributed by atoms with E-state index < -0.39 is 23.9 Å². The number of hydrogen-bond donors (Lipinski definition) is 1. The summed E-state index contributed by atoms with van der Waals surface area (Å²) in [6, 6.07) is -2.70. The van der Waals surface area contributed by atoms with Crippen molar-refractivity contribution in [3.63, 3.8) is 0 Å². The highest BCUT2D eigenvalue weighted by Gasteiger charge is 2.46. The molecule has 0 aromatic carbocycles. The van der Waals surface area contributed by atoms with Crippen molar-refractivity contribution in [3.05, 3.63) is 41.6 Å². The molecule has 3 aromatic heterocycles. The van der Waals surface area contributed by atoms with Crippen molar-refractivity contribution in [1.82, 2.24) is 39.7 Å². The number of likely N-dealkylation sites (N-methyl/N-ethyl adjacent to an activating group) is 1. The Hall–Kier alpha value is -4.01. The first kappa shape index (κ1) is 30.0. The van der Waals surface area contributed by atoms with Gasteiger partial charge in [-0.25, -0.2) is 29.4 Å². The second-order valence-electron chi connectivity index (χ2n) is 12.7. The monoisotopic (exact) mass is 615 g/mol. The predicted octanol–water partition coefficient (Wildman–Crippen LogP) is 5.18. The molecule has 236 valence electrons. The van der Waals surface area contributed by atoms with Gasteiger partial charge >= 0.3 is 12.3 Å². The van der Waals surface area contributed by atoms with Gasteiger partial charge in [0.05, 0.1) is 11.0 Å². The Morgan fingerprint density at radius 3 is 2.30 bits per heavy atom. The Bertz CT molecular complexity index is 1590. The van der Waals surface area contributed by atoms with Gasteiger partial charge in [0.15, 0.2) is 11.5 Å². The topological polar surface area (TPSA) is 137 Å². The predicted molar refractivity (Wildman–Crippen MR) is 154 cm³/mol. The number of ether oxygens (including phenoxy) is 1. The number of allylic oxidation sites excluding steroid dienone is 1. The minimum absolute atomic E-state index is 0.0149. The lowest BCUT2D eigenvalue weighted by Gasteiger charge is -2.33. The molecule has 1 amide bonds. The number of anilines is 1. The quantitative estimate of drug-likeness (QED) is 0.409. The zero-order valence-corrected chi connectivity index (χ0v) is 25.3. The summed E-state index contributed by atoms with van der Waals surface area (Å²) in [6.45, 7) is 7.69. The van der Waals surface area contributed by atoms with Crippen LogP contribution in [0.4, 0.5) is 23.8 Å². The van der Waals surface area contributed by atoms with Crippen LogP contribution in [0.1, 0.15) is 88.5 Å². The maximum Gasteiger partial charge on any atom is 0.410 e. The number of carbonyl (C=O) groups excluding carboxylic acids is 1. The van der Waals surface area contributed by atoms with Crippen LogP contribution in [0.5, 0.6) is 0 Å². The first-order chi connectivity index (χ1) is 20.7. The number of aromatic nitrogens is 6. The van der Waals surface area contributed by atoms with Gasteiger partial charge in [-0.05, 0) is 64.9 Å². The SMILES string of the molecule is CC(n1nc(C2C(c3ncc(C4CCN(C(=O)OC(C)(C)C)CC4)cn3)=C(C3CC3)ON2C)c2c(N)ncnc21)C(F)(F)F. The molecule has 0 bridgehead atoms. The largest absolute Gasteiger partial charge is 0.444 e. The number of nitrogen functional groups attached to an aromatic ring is 1. The van der Waals surface area contributed by atoms with E-state index in [0.29, 0.717) is 30.2 Å². The number of nitrogens with two attached hydrogens (primary N) is 1. The molecular weight excluding hydrogens is 579 g/mol. The molecule has 2 unspecified atom stereocenters. The van der Waals surface area contributed by atoms with Crippen LogP contribution in [-0.4, -0.2) is 77.7 Å². The van der Waals surface area contributed by atoms with E-state index in [-0.39, 0.29) is 40.5 Å². The van der Waals surface area contributed by atoms with Gasteiger partial charge in [0, 0.05) is 38.4 Å². The molecule has 1 saturated carbocycles. The molecule has 2 aliphatic heterocycles. The van der Waals surface area contributed by atoms with Crippen molar-refractivity contribution in [1.29, 1.82) is 0 Å². The second kappa shape index (κ2) is 10.9. The van der Waals surface area contributed by atoms with E-state index in [4.69, 9.17) is 25.3 Å². The summed E-state index contributed by atoms with van der Waals surface area (Å²) >= 11 is 0. The maximum atomic E-state index is 13.8. The average Bonchev–Trinajstić information content (AvgIpc) is 3.65. The van der Waals surface area contributed by atoms with Gasteiger partial charge in [0.2, 0.25) is 0 Å². The van der Waals surface area contributed by atoms with Crippen LogP contribution in [0, 0.1) is 5.92 Å². The van der Waals surface area contributed by atoms with E-state index in [9.17, 15) is 18.0 Å². The zero-order chi connectivity index (χ0) is 31.6. The summed E-state index contributed by atoms with van der Waals surface area (Å²) < 4.78 is 47.9. The molecule has 12 nitrogen and oxygen atoms in total. The highest BCUT2D eigenvalue weighted by Crippen LogP contribution is 2.51. The number of piperidine rings is 1. The number of alkyl halides is 3. The Morgan fingerprint density at radius 1 is 1.05 bits per heavy atom. The fourth-order valence-corrected chi connectivity index (χ4v) is 5.79. The third kappa shape index (κ3) is 5.64. The average molecular weight is 616 g/mol. The van der Waals surface area contributed by atoms with Crippen LogP contribution < -0.4 is 5.73 Å². The summed E-state index contributed by atoms with van der Waals surface area (Å²) in [5.74, 6) is 1.41. The van der Waals surface area contributed by atoms with Crippen LogP contribution >= 0.6 is 0 Å². The van der Waals surface area contributed by atoms with Crippen molar-refractivity contribution in [2.75, 3.05) is 25.9 Å². The molecule has 2 fully saturated rings. The van der Waals surface area contributed by atoms with Crippen LogP contribution in [0.15, 0.2) is 24.5 Å². The standard InChI is InChI=1S/C29H36F3N9O3/c1-15(29(30,31)32)41-26-19(24(33)36-14-37-26)21(38-41)22-20(23(17-6-7-17)44-39(22)5)25-34-12-18(13-35-25)16-8-10-40(11-9-16)27(42)43-28(2,3)4/h12-17,22H,6-11H2,1-5H3,(H2,33,36,37). The summed E-state index contributed by atoms with van der Waals surface area (Å²) in [6.07, 6.45) is 3.13. The fourth-order valence-electron chi connectivity index (χ4n) is 5.79. The van der Waals surface area contributed by atoms with Crippen molar-refractivity contribution in [3.8, 4) is 0 Å². The minimum atomic E-state index is -4.56. The molecule has 1 aliphatic carbocycles. The minimum Gasteiger partial charge on any atom is -0.444 e. The lowest BCUT2D eigenvalue weighted by molar-refractivity contribution is -0.164. The van der Waals surface area contributed by atoms with Gasteiger partial charge in [0.1, 0.15) is 41.3 Å². The van der Waals surface area contributed by atoms with E-state index in [1.54, 1.807) is 29.4 Å². The van der Waals surface area contributed by atoms with Gasteiger partial charge < -0.3 is 20.2 Å². The van der Waals surface area contributed by atoms with Crippen molar-refractivity contribution in [2.24, 2.45) is 5.92 Å². The smallest absolute Gasteiger partial charge is 0.410 e. The number of amides is 1. The summed E-state index contributed by atoms with van der Waals surface area (Å²) in [7, 11) is 1.70. The number of halogens is 3. The molecule has 0 spiro atoms. The van der Waals surface area contributed by atoms with Crippen molar-refractivity contribution < 1.29 is 27.5 Å². The summed E-state index contributed by atoms with van der Waals surface area (Å²) in [5.41, 5.74) is 7.47. The molecule has 3 aliphatic rings. The fraction of sp³-hybridized carbons (Fsp3) is 0.586. The van der Waals surface area contributed by atoms with E-state index in [1.807, 2.05) is 20.8 Å². The molecule has 2 atom stereocenters. The van der Waals surface area contributed by atoms with Crippen LogP contribution in [-0.2, 0) is 9.57 Å². The molecule has 3 aromatic rings. The molecule has 15 heteroatoms. The van der Waals surface area contributed by atoms with Crippen LogP contribution in [0.2, 0.25) is 0 Å². The molecule has 1 saturated heterocycles. The van der Waals surface area contributed by atoms with Gasteiger partial charge in [-0.1, -0.05) is 0 Å². The number of likely N-dealkylation sites (tertiary alicyclic amines) is 1. The van der Waals surface area contributed by atoms with Gasteiger partial charge in [-0.15, -0.1) is 5.06 Å². The highest BCUT2D eigenvalue weighted by atomic mass is 19.4. The zero-order valence-electron chi connectivity index (χ0n) is 25.3. The highest BCUT2D eigenvalue weighted by molar-refractivity contribution is 5.91. The third-order valence-corrected chi connectivity index (χ3v) is 8.27. The first-order valence-electron chi connectivity index (χ1n) is 14.7. The van der Waals surface area contributed by atoms with E-state index in [2.05, 4.69) is 15.1 Å². The van der Waals surface area contributed by atoms with Crippen LogP contribution in [0.25, 0.3) is 16.6 Å².